The molecular formula is C14H25N3O2S2. The number of hydrogen-bond donors (Lipinski definition) is 2. The van der Waals surface area contributed by atoms with Gasteiger partial charge in [-0.05, 0) is 53.4 Å². The average Bonchev–Trinajstić information content (AvgIpc) is 2.76. The molecule has 0 aromatic carbocycles. The molecule has 0 bridgehead atoms. The molecule has 2 unspecified atom stereocenters. The molecule has 120 valence electrons. The van der Waals surface area contributed by atoms with E-state index in [2.05, 4.69) is 28.9 Å². The topological polar surface area (TPSA) is 61.4 Å². The summed E-state index contributed by atoms with van der Waals surface area (Å²) >= 11 is 1.54. The van der Waals surface area contributed by atoms with Gasteiger partial charge in [-0.25, -0.2) is 13.1 Å². The molecule has 1 aliphatic heterocycles. The molecule has 0 radical (unpaired) electrons. The number of thiophene rings is 1. The summed E-state index contributed by atoms with van der Waals surface area (Å²) in [5.41, 5.74) is 0. The minimum Gasteiger partial charge on any atom is -0.315 e. The van der Waals surface area contributed by atoms with E-state index in [1.807, 2.05) is 14.0 Å². The van der Waals surface area contributed by atoms with Crippen LogP contribution >= 0.6 is 11.3 Å². The van der Waals surface area contributed by atoms with Crippen LogP contribution in [0.5, 0.6) is 0 Å². The molecule has 2 N–H and O–H groups in total. The maximum absolute atomic E-state index is 12.6. The standard InChI is InChI=1S/C14H25N3O2S2/c1-10-7-12(5-6-17(10)4)16-21(18,19)14-8-13(9-15-3)20-11(14)2/h8,10,12,15-16H,5-7,9H2,1-4H3. The van der Waals surface area contributed by atoms with Crippen molar-refractivity contribution in [1.82, 2.24) is 14.9 Å². The minimum absolute atomic E-state index is 0.0354. The monoisotopic (exact) mass is 331 g/mol. The molecule has 1 saturated heterocycles. The SMILES string of the molecule is CNCc1cc(S(=O)(=O)NC2CCN(C)C(C)C2)c(C)s1. The van der Waals surface area contributed by atoms with Gasteiger partial charge in [-0.2, -0.15) is 0 Å². The fourth-order valence-corrected chi connectivity index (χ4v) is 5.66. The van der Waals surface area contributed by atoms with Crippen molar-refractivity contribution in [1.29, 1.82) is 0 Å². The van der Waals surface area contributed by atoms with Gasteiger partial charge < -0.3 is 10.2 Å². The van der Waals surface area contributed by atoms with Crippen LogP contribution in [0.15, 0.2) is 11.0 Å². The number of hydrogen-bond acceptors (Lipinski definition) is 5. The summed E-state index contributed by atoms with van der Waals surface area (Å²) in [5.74, 6) is 0. The first-order valence-electron chi connectivity index (χ1n) is 7.30. The molecule has 0 aliphatic carbocycles. The summed E-state index contributed by atoms with van der Waals surface area (Å²) in [6, 6.07) is 2.24. The summed E-state index contributed by atoms with van der Waals surface area (Å²) in [4.78, 5) is 4.61. The van der Waals surface area contributed by atoms with Crippen LogP contribution in [0, 0.1) is 6.92 Å². The number of piperidine rings is 1. The number of aryl methyl sites for hydroxylation is 1. The van der Waals surface area contributed by atoms with Crippen molar-refractivity contribution in [3.8, 4) is 0 Å². The van der Waals surface area contributed by atoms with Crippen molar-refractivity contribution < 1.29 is 8.42 Å². The highest BCUT2D eigenvalue weighted by atomic mass is 32.2. The smallest absolute Gasteiger partial charge is 0.241 e. The van der Waals surface area contributed by atoms with Crippen LogP contribution in [-0.4, -0.2) is 46.0 Å². The minimum atomic E-state index is -3.41. The molecule has 5 nitrogen and oxygen atoms in total. The van der Waals surface area contributed by atoms with Crippen LogP contribution in [0.1, 0.15) is 29.5 Å². The van der Waals surface area contributed by atoms with Gasteiger partial charge in [0.05, 0.1) is 4.90 Å². The Hall–Kier alpha value is -0.470. The largest absolute Gasteiger partial charge is 0.315 e. The third kappa shape index (κ3) is 4.04. The lowest BCUT2D eigenvalue weighted by Gasteiger charge is -2.35. The highest BCUT2D eigenvalue weighted by Gasteiger charge is 2.28. The average molecular weight is 332 g/mol. The molecule has 0 saturated carbocycles. The van der Waals surface area contributed by atoms with E-state index in [1.54, 1.807) is 6.07 Å². The van der Waals surface area contributed by atoms with Crippen molar-refractivity contribution in [2.75, 3.05) is 20.6 Å². The van der Waals surface area contributed by atoms with Crippen LogP contribution < -0.4 is 10.0 Å². The highest BCUT2D eigenvalue weighted by Crippen LogP contribution is 2.26. The number of nitrogens with zero attached hydrogens (tertiary/aromatic N) is 1. The van der Waals surface area contributed by atoms with Gasteiger partial charge in [-0.1, -0.05) is 0 Å². The molecule has 21 heavy (non-hydrogen) atoms. The number of rotatable bonds is 5. The Morgan fingerprint density at radius 2 is 2.19 bits per heavy atom. The molecule has 2 atom stereocenters. The van der Waals surface area contributed by atoms with E-state index >= 15 is 0 Å². The molecule has 1 aromatic heterocycles. The summed E-state index contributed by atoms with van der Waals surface area (Å²) in [5, 5.41) is 3.06. The molecule has 2 heterocycles. The van der Waals surface area contributed by atoms with Gasteiger partial charge in [-0.15, -0.1) is 11.3 Å². The van der Waals surface area contributed by atoms with Crippen LogP contribution in [0.2, 0.25) is 0 Å². The summed E-state index contributed by atoms with van der Waals surface area (Å²) in [6.45, 7) is 5.64. The van der Waals surface area contributed by atoms with Crippen LogP contribution in [0.3, 0.4) is 0 Å². The van der Waals surface area contributed by atoms with E-state index in [0.717, 1.165) is 29.1 Å². The van der Waals surface area contributed by atoms with Crippen molar-refractivity contribution in [3.63, 3.8) is 0 Å². The van der Waals surface area contributed by atoms with E-state index < -0.39 is 10.0 Å². The molecule has 0 spiro atoms. The third-order valence-electron chi connectivity index (χ3n) is 4.09. The summed E-state index contributed by atoms with van der Waals surface area (Å²) in [6.07, 6.45) is 1.73. The number of likely N-dealkylation sites (tertiary alicyclic amines) is 1. The van der Waals surface area contributed by atoms with Crippen LogP contribution in [-0.2, 0) is 16.6 Å². The van der Waals surface area contributed by atoms with Crippen LogP contribution in [0.25, 0.3) is 0 Å². The molecule has 1 aromatic rings. The Kier molecular flexibility index (Phi) is 5.43. The zero-order chi connectivity index (χ0) is 15.6. The first-order valence-corrected chi connectivity index (χ1v) is 9.60. The number of nitrogens with one attached hydrogen (secondary N) is 2. The van der Waals surface area contributed by atoms with Gasteiger partial charge in [0.15, 0.2) is 0 Å². The molecule has 7 heteroatoms. The van der Waals surface area contributed by atoms with Crippen molar-refractivity contribution in [2.45, 2.75) is 50.2 Å². The van der Waals surface area contributed by atoms with Gasteiger partial charge in [0, 0.05) is 28.4 Å². The Morgan fingerprint density at radius 1 is 1.48 bits per heavy atom. The molecule has 1 aliphatic rings. The fraction of sp³-hybridized carbons (Fsp3) is 0.714. The van der Waals surface area contributed by atoms with E-state index in [4.69, 9.17) is 0 Å². The van der Waals surface area contributed by atoms with E-state index in [9.17, 15) is 8.42 Å². The van der Waals surface area contributed by atoms with Crippen molar-refractivity contribution in [2.24, 2.45) is 0 Å². The first kappa shape index (κ1) is 16.9. The Labute approximate surface area is 131 Å². The predicted molar refractivity (Wildman–Crippen MR) is 87.3 cm³/mol. The van der Waals surface area contributed by atoms with E-state index in [-0.39, 0.29) is 6.04 Å². The lowest BCUT2D eigenvalue weighted by atomic mass is 10.0. The van der Waals surface area contributed by atoms with Gasteiger partial charge in [0.2, 0.25) is 10.0 Å². The highest BCUT2D eigenvalue weighted by molar-refractivity contribution is 7.89. The Balaban J connectivity index is 2.11. The third-order valence-corrected chi connectivity index (χ3v) is 6.92. The molecular weight excluding hydrogens is 306 g/mol. The zero-order valence-corrected chi connectivity index (χ0v) is 14.8. The van der Waals surface area contributed by atoms with Gasteiger partial charge in [-0.3, -0.25) is 0 Å². The van der Waals surface area contributed by atoms with E-state index in [1.165, 1.54) is 11.3 Å². The molecule has 0 amide bonds. The maximum Gasteiger partial charge on any atom is 0.241 e. The fourth-order valence-electron chi connectivity index (χ4n) is 2.73. The van der Waals surface area contributed by atoms with Crippen molar-refractivity contribution >= 4 is 21.4 Å². The second kappa shape index (κ2) is 6.75. The Bertz CT molecular complexity index is 583. The molecule has 2 rings (SSSR count). The Morgan fingerprint density at radius 3 is 2.81 bits per heavy atom. The quantitative estimate of drug-likeness (QED) is 0.859. The maximum atomic E-state index is 12.6. The van der Waals surface area contributed by atoms with Crippen LogP contribution in [0.4, 0.5) is 0 Å². The second-order valence-corrected chi connectivity index (χ2v) is 8.86. The second-order valence-electron chi connectivity index (χ2n) is 5.84. The van der Waals surface area contributed by atoms with Gasteiger partial charge in [0.25, 0.3) is 0 Å². The van der Waals surface area contributed by atoms with E-state index in [0.29, 0.717) is 17.5 Å². The summed E-state index contributed by atoms with van der Waals surface area (Å²) < 4.78 is 28.1. The van der Waals surface area contributed by atoms with Crippen molar-refractivity contribution in [3.05, 3.63) is 15.8 Å². The zero-order valence-electron chi connectivity index (χ0n) is 13.1. The van der Waals surface area contributed by atoms with Gasteiger partial charge >= 0.3 is 0 Å². The lowest BCUT2D eigenvalue weighted by molar-refractivity contribution is 0.178. The number of sulfonamides is 1. The lowest BCUT2D eigenvalue weighted by Crippen LogP contribution is -2.47. The first-order chi connectivity index (χ1) is 9.83. The normalized spacial score (nSPS) is 24.4. The van der Waals surface area contributed by atoms with Gasteiger partial charge in [0.1, 0.15) is 0 Å². The summed E-state index contributed by atoms with van der Waals surface area (Å²) in [7, 11) is 0.533. The predicted octanol–water partition coefficient (Wildman–Crippen LogP) is 1.54. The molecule has 1 fully saturated rings.